The SMILES string of the molecule is CCCCC/C=C\C/C=C\CCCCCCCCCCCC(=O)OCCCCCCCCC/C=C\CCCCCCCC(=O)NC(CO)C(O)CCCCCCCCCCCCCCCCCCCCCCCCCCC. The number of amides is 1. The van der Waals surface area contributed by atoms with Crippen LogP contribution in [0.3, 0.4) is 0 Å². The molecule has 0 aromatic heterocycles. The Hall–Kier alpha value is -1.92. The first-order valence-electron chi connectivity index (χ1n) is 34.7. The van der Waals surface area contributed by atoms with E-state index in [4.69, 9.17) is 4.74 Å². The molecule has 0 bridgehead atoms. The number of hydrogen-bond donors (Lipinski definition) is 3. The average Bonchev–Trinajstić information content (AvgIpc) is 3.43. The lowest BCUT2D eigenvalue weighted by atomic mass is 10.0. The van der Waals surface area contributed by atoms with Gasteiger partial charge < -0.3 is 20.3 Å². The molecule has 0 rings (SSSR count). The van der Waals surface area contributed by atoms with Gasteiger partial charge in [0.2, 0.25) is 5.91 Å². The van der Waals surface area contributed by atoms with Gasteiger partial charge in [-0.25, -0.2) is 0 Å². The predicted octanol–water partition coefficient (Wildman–Crippen LogP) is 22.3. The minimum absolute atomic E-state index is 0.00562. The van der Waals surface area contributed by atoms with Crippen molar-refractivity contribution in [3.8, 4) is 0 Å². The van der Waals surface area contributed by atoms with Crippen molar-refractivity contribution in [2.24, 2.45) is 0 Å². The molecule has 2 unspecified atom stereocenters. The van der Waals surface area contributed by atoms with Gasteiger partial charge in [0.25, 0.3) is 0 Å². The summed E-state index contributed by atoms with van der Waals surface area (Å²) in [7, 11) is 0. The maximum atomic E-state index is 12.5. The van der Waals surface area contributed by atoms with Crippen molar-refractivity contribution < 1.29 is 24.5 Å². The monoisotopic (exact) mass is 1080 g/mol. The summed E-state index contributed by atoms with van der Waals surface area (Å²) in [6, 6.07) is -0.556. The van der Waals surface area contributed by atoms with Gasteiger partial charge in [0.05, 0.1) is 25.4 Å². The topological polar surface area (TPSA) is 95.9 Å². The van der Waals surface area contributed by atoms with Gasteiger partial charge in [0, 0.05) is 12.8 Å². The second-order valence-corrected chi connectivity index (χ2v) is 23.9. The molecule has 6 nitrogen and oxygen atoms in total. The van der Waals surface area contributed by atoms with E-state index in [1.807, 2.05) is 0 Å². The summed E-state index contributed by atoms with van der Waals surface area (Å²) in [4.78, 5) is 24.7. The van der Waals surface area contributed by atoms with Gasteiger partial charge in [0.1, 0.15) is 0 Å². The molecule has 0 fully saturated rings. The highest BCUT2D eigenvalue weighted by atomic mass is 16.5. The molecule has 3 N–H and O–H groups in total. The summed E-state index contributed by atoms with van der Waals surface area (Å²) in [6.45, 7) is 4.93. The Labute approximate surface area is 481 Å². The number of rotatable bonds is 65. The fourth-order valence-corrected chi connectivity index (χ4v) is 10.8. The molecule has 0 saturated carbocycles. The molecule has 0 aliphatic heterocycles. The van der Waals surface area contributed by atoms with Gasteiger partial charge in [-0.05, 0) is 83.5 Å². The Morgan fingerprint density at radius 1 is 0.364 bits per heavy atom. The van der Waals surface area contributed by atoms with Crippen LogP contribution in [0.25, 0.3) is 0 Å². The normalized spacial score (nSPS) is 12.7. The molecule has 0 radical (unpaired) electrons. The van der Waals surface area contributed by atoms with Crippen LogP contribution in [-0.4, -0.2) is 47.4 Å². The third kappa shape index (κ3) is 63.1. The van der Waals surface area contributed by atoms with E-state index in [-0.39, 0.29) is 18.5 Å². The quantitative estimate of drug-likeness (QED) is 0.0320. The van der Waals surface area contributed by atoms with Crippen LogP contribution in [0.15, 0.2) is 36.5 Å². The number of ether oxygens (including phenoxy) is 1. The highest BCUT2D eigenvalue weighted by Crippen LogP contribution is 2.18. The molecule has 6 heteroatoms. The van der Waals surface area contributed by atoms with E-state index in [1.165, 1.54) is 276 Å². The molecular weight excluding hydrogens is 947 g/mol. The molecular formula is C71H135NO5. The van der Waals surface area contributed by atoms with Crippen LogP contribution in [-0.2, 0) is 14.3 Å². The van der Waals surface area contributed by atoms with Crippen molar-refractivity contribution in [2.75, 3.05) is 13.2 Å². The molecule has 454 valence electrons. The van der Waals surface area contributed by atoms with E-state index < -0.39 is 12.1 Å². The zero-order valence-electron chi connectivity index (χ0n) is 52.0. The number of carbonyl (C=O) groups is 2. The van der Waals surface area contributed by atoms with Crippen molar-refractivity contribution in [2.45, 2.75) is 392 Å². The van der Waals surface area contributed by atoms with Gasteiger partial charge in [0.15, 0.2) is 0 Å². The number of carbonyl (C=O) groups excluding carboxylic acids is 2. The molecule has 1 amide bonds. The molecule has 0 aromatic rings. The van der Waals surface area contributed by atoms with E-state index in [0.29, 0.717) is 25.9 Å². The Morgan fingerprint density at radius 2 is 0.649 bits per heavy atom. The fourth-order valence-electron chi connectivity index (χ4n) is 10.8. The van der Waals surface area contributed by atoms with Crippen LogP contribution in [0.1, 0.15) is 380 Å². The van der Waals surface area contributed by atoms with E-state index in [9.17, 15) is 19.8 Å². The second kappa shape index (κ2) is 66.6. The van der Waals surface area contributed by atoms with Crippen LogP contribution in [0.4, 0.5) is 0 Å². The number of esters is 1. The van der Waals surface area contributed by atoms with Gasteiger partial charge in [-0.15, -0.1) is 0 Å². The Kier molecular flexibility index (Phi) is 64.9. The number of allylic oxidation sites excluding steroid dienone is 6. The maximum absolute atomic E-state index is 12.5. The largest absolute Gasteiger partial charge is 0.466 e. The Balaban J connectivity index is 3.44. The van der Waals surface area contributed by atoms with E-state index >= 15 is 0 Å². The lowest BCUT2D eigenvalue weighted by molar-refractivity contribution is -0.143. The summed E-state index contributed by atoms with van der Waals surface area (Å²) >= 11 is 0. The van der Waals surface area contributed by atoms with Crippen LogP contribution in [0.5, 0.6) is 0 Å². The number of nitrogens with one attached hydrogen (secondary N) is 1. The second-order valence-electron chi connectivity index (χ2n) is 23.9. The van der Waals surface area contributed by atoms with Crippen LogP contribution < -0.4 is 5.32 Å². The minimum atomic E-state index is -0.677. The average molecular weight is 1080 g/mol. The fraction of sp³-hybridized carbons (Fsp3) is 0.887. The van der Waals surface area contributed by atoms with E-state index in [2.05, 4.69) is 55.6 Å². The molecule has 0 aromatic carbocycles. The zero-order valence-corrected chi connectivity index (χ0v) is 52.0. The lowest BCUT2D eigenvalue weighted by Gasteiger charge is -2.22. The summed E-state index contributed by atoms with van der Waals surface area (Å²) in [5.74, 6) is -0.0538. The van der Waals surface area contributed by atoms with Crippen LogP contribution in [0.2, 0.25) is 0 Å². The summed E-state index contributed by atoms with van der Waals surface area (Å²) in [5, 5.41) is 23.4. The minimum Gasteiger partial charge on any atom is -0.466 e. The predicted molar refractivity (Wildman–Crippen MR) is 338 cm³/mol. The molecule has 0 heterocycles. The number of aliphatic hydroxyl groups excluding tert-OH is 2. The van der Waals surface area contributed by atoms with Gasteiger partial charge >= 0.3 is 5.97 Å². The number of aliphatic hydroxyl groups is 2. The van der Waals surface area contributed by atoms with Crippen molar-refractivity contribution in [3.63, 3.8) is 0 Å². The van der Waals surface area contributed by atoms with Crippen molar-refractivity contribution in [1.82, 2.24) is 5.32 Å². The molecule has 2 atom stereocenters. The van der Waals surface area contributed by atoms with Crippen molar-refractivity contribution >= 4 is 11.9 Å². The highest BCUT2D eigenvalue weighted by molar-refractivity contribution is 5.76. The summed E-state index contributed by atoms with van der Waals surface area (Å²) < 4.78 is 5.49. The first kappa shape index (κ1) is 75.1. The van der Waals surface area contributed by atoms with Crippen molar-refractivity contribution in [1.29, 1.82) is 0 Å². The van der Waals surface area contributed by atoms with Gasteiger partial charge in [-0.3, -0.25) is 9.59 Å². The molecule has 77 heavy (non-hydrogen) atoms. The lowest BCUT2D eigenvalue weighted by Crippen LogP contribution is -2.45. The smallest absolute Gasteiger partial charge is 0.305 e. The number of unbranched alkanes of at least 4 members (excludes halogenated alkanes) is 48. The van der Waals surface area contributed by atoms with Crippen LogP contribution >= 0.6 is 0 Å². The molecule has 0 spiro atoms. The summed E-state index contributed by atoms with van der Waals surface area (Å²) in [6.07, 6.45) is 84.6. The first-order valence-corrected chi connectivity index (χ1v) is 34.7. The van der Waals surface area contributed by atoms with E-state index in [1.54, 1.807) is 0 Å². The highest BCUT2D eigenvalue weighted by Gasteiger charge is 2.20. The standard InChI is InChI=1S/C71H135NO5/c1-3-5-7-9-11-13-15-17-19-21-23-24-25-26-27-28-30-31-35-39-43-47-51-55-59-63-69(74)68(67-73)72-70(75)64-60-56-52-48-44-40-36-33-34-38-42-46-50-54-58-62-66-77-71(76)65-61-57-53-49-45-41-37-32-29-22-20-18-16-14-12-10-8-6-4-2/h12,14,18,20,33,36,68-69,73-74H,3-11,13,15-17,19,21-32,34-35,37-67H2,1-2H3,(H,72,75)/b14-12-,20-18-,36-33-. The Morgan fingerprint density at radius 3 is 1.03 bits per heavy atom. The Bertz CT molecular complexity index is 1250. The molecule has 0 saturated heterocycles. The third-order valence-electron chi connectivity index (χ3n) is 16.2. The van der Waals surface area contributed by atoms with Crippen molar-refractivity contribution in [3.05, 3.63) is 36.5 Å². The number of hydrogen-bond acceptors (Lipinski definition) is 5. The third-order valence-corrected chi connectivity index (χ3v) is 16.2. The van der Waals surface area contributed by atoms with Crippen LogP contribution in [0, 0.1) is 0 Å². The first-order chi connectivity index (χ1) is 38.0. The summed E-state index contributed by atoms with van der Waals surface area (Å²) in [5.41, 5.74) is 0. The molecule has 0 aliphatic rings. The van der Waals surface area contributed by atoms with Gasteiger partial charge in [-0.1, -0.05) is 320 Å². The van der Waals surface area contributed by atoms with E-state index in [0.717, 1.165) is 70.6 Å². The van der Waals surface area contributed by atoms with Gasteiger partial charge in [-0.2, -0.15) is 0 Å². The zero-order chi connectivity index (χ0) is 55.7. The maximum Gasteiger partial charge on any atom is 0.305 e. The molecule has 0 aliphatic carbocycles.